The number of rotatable bonds is 5. The van der Waals surface area contributed by atoms with E-state index in [1.54, 1.807) is 13.3 Å². The van der Waals surface area contributed by atoms with Gasteiger partial charge in [0.25, 0.3) is 0 Å². The summed E-state index contributed by atoms with van der Waals surface area (Å²) < 4.78 is 5.84. The lowest BCUT2D eigenvalue weighted by Crippen LogP contribution is -2.28. The van der Waals surface area contributed by atoms with Crippen LogP contribution >= 0.6 is 12.2 Å². The SMILES string of the molecule is CNC(=S)N/N=C/c1ccc(OCc2ccc(C(C)(C)C)cc2)cc1. The highest BCUT2D eigenvalue weighted by Crippen LogP contribution is 2.22. The molecule has 0 heterocycles. The van der Waals surface area contributed by atoms with Gasteiger partial charge in [0.05, 0.1) is 6.21 Å². The third kappa shape index (κ3) is 6.19. The first kappa shape index (κ1) is 18.9. The molecule has 5 heteroatoms. The molecule has 0 fully saturated rings. The van der Waals surface area contributed by atoms with Crippen molar-refractivity contribution >= 4 is 23.5 Å². The van der Waals surface area contributed by atoms with Gasteiger partial charge in [-0.25, -0.2) is 0 Å². The molecular formula is C20H25N3OS. The molecule has 25 heavy (non-hydrogen) atoms. The Morgan fingerprint density at radius 1 is 1.08 bits per heavy atom. The van der Waals surface area contributed by atoms with Crippen molar-refractivity contribution in [3.63, 3.8) is 0 Å². The first-order valence-electron chi connectivity index (χ1n) is 8.21. The molecule has 0 saturated heterocycles. The zero-order chi connectivity index (χ0) is 18.3. The van der Waals surface area contributed by atoms with E-state index >= 15 is 0 Å². The average molecular weight is 356 g/mol. The summed E-state index contributed by atoms with van der Waals surface area (Å²) in [5.41, 5.74) is 6.33. The van der Waals surface area contributed by atoms with Gasteiger partial charge in [0.2, 0.25) is 0 Å². The van der Waals surface area contributed by atoms with E-state index in [2.05, 4.69) is 60.9 Å². The second-order valence-electron chi connectivity index (χ2n) is 6.75. The Morgan fingerprint density at radius 2 is 1.72 bits per heavy atom. The maximum atomic E-state index is 5.84. The van der Waals surface area contributed by atoms with Crippen molar-refractivity contribution in [2.45, 2.75) is 32.8 Å². The number of thiocarbonyl (C=S) groups is 1. The highest BCUT2D eigenvalue weighted by molar-refractivity contribution is 7.80. The second-order valence-corrected chi connectivity index (χ2v) is 7.16. The van der Waals surface area contributed by atoms with Gasteiger partial charge in [0.1, 0.15) is 12.4 Å². The monoisotopic (exact) mass is 355 g/mol. The fraction of sp³-hybridized carbons (Fsp3) is 0.300. The fourth-order valence-corrected chi connectivity index (χ4v) is 2.19. The fourth-order valence-electron chi connectivity index (χ4n) is 2.14. The van der Waals surface area contributed by atoms with E-state index in [4.69, 9.17) is 17.0 Å². The molecule has 0 aliphatic carbocycles. The van der Waals surface area contributed by atoms with Gasteiger partial charge in [0, 0.05) is 7.05 Å². The van der Waals surface area contributed by atoms with Crippen LogP contribution in [0.1, 0.15) is 37.5 Å². The Balaban J connectivity index is 1.88. The van der Waals surface area contributed by atoms with E-state index in [0.717, 1.165) is 16.9 Å². The summed E-state index contributed by atoms with van der Waals surface area (Å²) in [6.07, 6.45) is 1.71. The van der Waals surface area contributed by atoms with E-state index in [0.29, 0.717) is 11.7 Å². The number of hydrogen-bond acceptors (Lipinski definition) is 3. The molecular weight excluding hydrogens is 330 g/mol. The van der Waals surface area contributed by atoms with Gasteiger partial charge in [-0.3, -0.25) is 5.43 Å². The minimum Gasteiger partial charge on any atom is -0.489 e. The lowest BCUT2D eigenvalue weighted by Gasteiger charge is -2.19. The molecule has 0 unspecified atom stereocenters. The minimum absolute atomic E-state index is 0.169. The molecule has 0 aliphatic rings. The Labute approximate surface area is 155 Å². The Bertz CT molecular complexity index is 716. The molecule has 0 spiro atoms. The van der Waals surface area contributed by atoms with Crippen molar-refractivity contribution in [3.05, 3.63) is 65.2 Å². The molecule has 2 N–H and O–H groups in total. The zero-order valence-corrected chi connectivity index (χ0v) is 16.0. The predicted molar refractivity (Wildman–Crippen MR) is 108 cm³/mol. The van der Waals surface area contributed by atoms with Crippen LogP contribution in [0.3, 0.4) is 0 Å². The van der Waals surface area contributed by atoms with Gasteiger partial charge < -0.3 is 10.1 Å². The van der Waals surface area contributed by atoms with Crippen LogP contribution in [0.15, 0.2) is 53.6 Å². The third-order valence-electron chi connectivity index (χ3n) is 3.71. The van der Waals surface area contributed by atoms with Crippen molar-refractivity contribution in [2.24, 2.45) is 5.10 Å². The minimum atomic E-state index is 0.169. The number of benzene rings is 2. The second kappa shape index (κ2) is 8.62. The molecule has 2 aromatic carbocycles. The van der Waals surface area contributed by atoms with E-state index < -0.39 is 0 Å². The Morgan fingerprint density at radius 3 is 2.28 bits per heavy atom. The summed E-state index contributed by atoms with van der Waals surface area (Å²) in [5, 5.41) is 7.32. The summed E-state index contributed by atoms with van der Waals surface area (Å²) in [7, 11) is 1.74. The molecule has 0 radical (unpaired) electrons. The molecule has 0 bridgehead atoms. The lowest BCUT2D eigenvalue weighted by atomic mass is 9.87. The van der Waals surface area contributed by atoms with Gasteiger partial charge in [-0.15, -0.1) is 0 Å². The summed E-state index contributed by atoms with van der Waals surface area (Å²) >= 11 is 4.94. The number of hydrazone groups is 1. The molecule has 0 aromatic heterocycles. The van der Waals surface area contributed by atoms with Gasteiger partial charge in [-0.2, -0.15) is 5.10 Å². The molecule has 4 nitrogen and oxygen atoms in total. The summed E-state index contributed by atoms with van der Waals surface area (Å²) in [6.45, 7) is 7.19. The van der Waals surface area contributed by atoms with Crippen molar-refractivity contribution in [3.8, 4) is 5.75 Å². The maximum absolute atomic E-state index is 5.84. The molecule has 0 amide bonds. The van der Waals surface area contributed by atoms with Gasteiger partial charge in [-0.05, 0) is 58.6 Å². The number of hydrogen-bond donors (Lipinski definition) is 2. The van der Waals surface area contributed by atoms with Crippen molar-refractivity contribution < 1.29 is 4.74 Å². The number of ether oxygens (including phenoxy) is 1. The summed E-state index contributed by atoms with van der Waals surface area (Å²) in [5.74, 6) is 0.829. The summed E-state index contributed by atoms with van der Waals surface area (Å²) in [6, 6.07) is 16.3. The van der Waals surface area contributed by atoms with Crippen LogP contribution in [-0.4, -0.2) is 18.4 Å². The van der Waals surface area contributed by atoms with Crippen molar-refractivity contribution in [1.29, 1.82) is 0 Å². The van der Waals surface area contributed by atoms with Crippen LogP contribution in [0.25, 0.3) is 0 Å². The number of nitrogens with one attached hydrogen (secondary N) is 2. The smallest absolute Gasteiger partial charge is 0.186 e. The van der Waals surface area contributed by atoms with Crippen LogP contribution in [0.5, 0.6) is 5.75 Å². The molecule has 132 valence electrons. The first-order chi connectivity index (χ1) is 11.9. The molecule has 2 aromatic rings. The van der Waals surface area contributed by atoms with Crippen LogP contribution in [0.2, 0.25) is 0 Å². The van der Waals surface area contributed by atoms with E-state index in [-0.39, 0.29) is 5.41 Å². The Kier molecular flexibility index (Phi) is 6.53. The molecule has 0 saturated carbocycles. The third-order valence-corrected chi connectivity index (χ3v) is 4.01. The quantitative estimate of drug-likeness (QED) is 0.484. The normalized spacial score (nSPS) is 11.4. The van der Waals surface area contributed by atoms with Crippen LogP contribution in [0, 0.1) is 0 Å². The van der Waals surface area contributed by atoms with Crippen LogP contribution < -0.4 is 15.5 Å². The largest absolute Gasteiger partial charge is 0.489 e. The van der Waals surface area contributed by atoms with Crippen LogP contribution in [0.4, 0.5) is 0 Å². The van der Waals surface area contributed by atoms with Gasteiger partial charge >= 0.3 is 0 Å². The first-order valence-corrected chi connectivity index (χ1v) is 8.62. The summed E-state index contributed by atoms with van der Waals surface area (Å²) in [4.78, 5) is 0. The van der Waals surface area contributed by atoms with Crippen molar-refractivity contribution in [2.75, 3.05) is 7.05 Å². The molecule has 2 rings (SSSR count). The average Bonchev–Trinajstić information content (AvgIpc) is 2.60. The van der Waals surface area contributed by atoms with Crippen LogP contribution in [-0.2, 0) is 12.0 Å². The standard InChI is InChI=1S/C20H25N3OS/c1-20(2,3)17-9-5-16(6-10-17)14-24-18-11-7-15(8-12-18)13-22-23-19(25)21-4/h5-13H,14H2,1-4H3,(H2,21,23,25)/b22-13+. The molecule has 0 atom stereocenters. The van der Waals surface area contributed by atoms with Gasteiger partial charge in [-0.1, -0.05) is 45.0 Å². The van der Waals surface area contributed by atoms with E-state index in [1.165, 1.54) is 5.56 Å². The maximum Gasteiger partial charge on any atom is 0.186 e. The molecule has 0 aliphatic heterocycles. The van der Waals surface area contributed by atoms with E-state index in [1.807, 2.05) is 24.3 Å². The highest BCUT2D eigenvalue weighted by Gasteiger charge is 2.12. The zero-order valence-electron chi connectivity index (χ0n) is 15.2. The van der Waals surface area contributed by atoms with Gasteiger partial charge in [0.15, 0.2) is 5.11 Å². The lowest BCUT2D eigenvalue weighted by molar-refractivity contribution is 0.306. The number of nitrogens with zero attached hydrogens (tertiary/aromatic N) is 1. The predicted octanol–water partition coefficient (Wildman–Crippen LogP) is 3.99. The topological polar surface area (TPSA) is 45.7 Å². The van der Waals surface area contributed by atoms with E-state index in [9.17, 15) is 0 Å². The Hall–Kier alpha value is -2.40. The highest BCUT2D eigenvalue weighted by atomic mass is 32.1. The van der Waals surface area contributed by atoms with Crippen molar-refractivity contribution in [1.82, 2.24) is 10.7 Å².